The number of H-pyrrole nitrogens is 1. The highest BCUT2D eigenvalue weighted by atomic mass is 16.2. The summed E-state index contributed by atoms with van der Waals surface area (Å²) < 4.78 is 0. The van der Waals surface area contributed by atoms with Crippen molar-refractivity contribution in [3.8, 4) is 0 Å². The molecule has 1 aliphatic rings. The predicted octanol–water partition coefficient (Wildman–Crippen LogP) is 2.60. The van der Waals surface area contributed by atoms with E-state index < -0.39 is 0 Å². The highest BCUT2D eigenvalue weighted by Crippen LogP contribution is 2.22. The number of hydrogen-bond acceptors (Lipinski definition) is 2. The van der Waals surface area contributed by atoms with Gasteiger partial charge >= 0.3 is 6.03 Å². The number of aromatic amines is 1. The molecule has 1 aromatic carbocycles. The van der Waals surface area contributed by atoms with Gasteiger partial charge in [0.2, 0.25) is 5.91 Å². The molecule has 0 unspecified atom stereocenters. The zero-order chi connectivity index (χ0) is 17.8. The number of rotatable bonds is 4. The third-order valence-electron chi connectivity index (χ3n) is 4.93. The molecule has 0 bridgehead atoms. The van der Waals surface area contributed by atoms with E-state index in [0.29, 0.717) is 6.54 Å². The van der Waals surface area contributed by atoms with E-state index in [0.717, 1.165) is 42.7 Å². The van der Waals surface area contributed by atoms with E-state index in [-0.39, 0.29) is 18.5 Å². The lowest BCUT2D eigenvalue weighted by atomic mass is 10.1. The minimum atomic E-state index is -0.313. The largest absolute Gasteiger partial charge is 0.358 e. The second-order valence-electron chi connectivity index (χ2n) is 6.73. The highest BCUT2D eigenvalue weighted by Gasteiger charge is 2.16. The molecule has 0 aliphatic carbocycles. The van der Waals surface area contributed by atoms with Gasteiger partial charge in [0.05, 0.1) is 6.54 Å². The number of urea groups is 1. The molecule has 6 heteroatoms. The van der Waals surface area contributed by atoms with Crippen LogP contribution in [0.25, 0.3) is 10.9 Å². The molecular formula is C19H26N4O2. The van der Waals surface area contributed by atoms with E-state index in [1.54, 1.807) is 0 Å². The maximum atomic E-state index is 12.0. The van der Waals surface area contributed by atoms with Crippen molar-refractivity contribution in [3.63, 3.8) is 0 Å². The molecule has 25 heavy (non-hydrogen) atoms. The van der Waals surface area contributed by atoms with Crippen LogP contribution < -0.4 is 10.6 Å². The molecule has 3 N–H and O–H groups in total. The monoisotopic (exact) mass is 342 g/mol. The molecular weight excluding hydrogens is 316 g/mol. The Kier molecular flexibility index (Phi) is 5.26. The molecule has 3 rings (SSSR count). The first-order chi connectivity index (χ1) is 12.0. The molecule has 6 nitrogen and oxygen atoms in total. The van der Waals surface area contributed by atoms with E-state index in [2.05, 4.69) is 35.5 Å². The standard InChI is InChI=1S/C19H26N4O2/c1-13-14(2)22-17-7-6-15(10-16(13)17)11-20-19(25)21-12-18(24)23-8-4-3-5-9-23/h6-7,10,22H,3-5,8-9,11-12H2,1-2H3,(H2,20,21,25). The Hall–Kier alpha value is -2.50. The smallest absolute Gasteiger partial charge is 0.315 e. The van der Waals surface area contributed by atoms with Crippen molar-refractivity contribution in [2.45, 2.75) is 39.7 Å². The zero-order valence-corrected chi connectivity index (χ0v) is 14.9. The molecule has 1 aromatic heterocycles. The SMILES string of the molecule is Cc1[nH]c2ccc(CNC(=O)NCC(=O)N3CCCCC3)cc2c1C. The van der Waals surface area contributed by atoms with Gasteiger partial charge in [0, 0.05) is 36.2 Å². The van der Waals surface area contributed by atoms with Crippen molar-refractivity contribution in [3.05, 3.63) is 35.0 Å². The van der Waals surface area contributed by atoms with E-state index in [4.69, 9.17) is 0 Å². The number of aromatic nitrogens is 1. The lowest BCUT2D eigenvalue weighted by Crippen LogP contribution is -2.45. The van der Waals surface area contributed by atoms with Gasteiger partial charge in [0.25, 0.3) is 0 Å². The van der Waals surface area contributed by atoms with Crippen LogP contribution >= 0.6 is 0 Å². The van der Waals surface area contributed by atoms with E-state index in [1.165, 1.54) is 17.4 Å². The van der Waals surface area contributed by atoms with Gasteiger partial charge in [0.1, 0.15) is 0 Å². The molecule has 1 saturated heterocycles. The molecule has 0 spiro atoms. The van der Waals surface area contributed by atoms with Crippen LogP contribution in [0.3, 0.4) is 0 Å². The van der Waals surface area contributed by atoms with Crippen LogP contribution in [0.5, 0.6) is 0 Å². The summed E-state index contributed by atoms with van der Waals surface area (Å²) in [5.74, 6) is -0.00491. The summed E-state index contributed by atoms with van der Waals surface area (Å²) in [5, 5.41) is 6.65. The lowest BCUT2D eigenvalue weighted by Gasteiger charge is -2.26. The molecule has 0 saturated carbocycles. The minimum Gasteiger partial charge on any atom is -0.358 e. The molecule has 134 valence electrons. The Morgan fingerprint density at radius 2 is 1.88 bits per heavy atom. The fourth-order valence-corrected chi connectivity index (χ4v) is 3.27. The number of amides is 3. The molecule has 2 aromatic rings. The Morgan fingerprint density at radius 1 is 1.12 bits per heavy atom. The Morgan fingerprint density at radius 3 is 2.64 bits per heavy atom. The number of fused-ring (bicyclic) bond motifs is 1. The second-order valence-corrected chi connectivity index (χ2v) is 6.73. The summed E-state index contributed by atoms with van der Waals surface area (Å²) in [4.78, 5) is 29.2. The van der Waals surface area contributed by atoms with E-state index in [1.807, 2.05) is 17.0 Å². The lowest BCUT2D eigenvalue weighted by molar-refractivity contribution is -0.130. The third-order valence-corrected chi connectivity index (χ3v) is 4.93. The van der Waals surface area contributed by atoms with Crippen molar-refractivity contribution in [2.75, 3.05) is 19.6 Å². The Balaban J connectivity index is 1.48. The van der Waals surface area contributed by atoms with Crippen LogP contribution in [0.2, 0.25) is 0 Å². The number of nitrogens with zero attached hydrogens (tertiary/aromatic N) is 1. The van der Waals surface area contributed by atoms with E-state index >= 15 is 0 Å². The first-order valence-corrected chi connectivity index (χ1v) is 8.92. The number of likely N-dealkylation sites (tertiary alicyclic amines) is 1. The van der Waals surface area contributed by atoms with E-state index in [9.17, 15) is 9.59 Å². The summed E-state index contributed by atoms with van der Waals surface area (Å²) in [6.07, 6.45) is 3.29. The number of carbonyl (C=O) groups excluding carboxylic acids is 2. The number of piperidine rings is 1. The molecule has 2 heterocycles. The van der Waals surface area contributed by atoms with Crippen molar-refractivity contribution < 1.29 is 9.59 Å². The zero-order valence-electron chi connectivity index (χ0n) is 14.9. The predicted molar refractivity (Wildman–Crippen MR) is 98.4 cm³/mol. The molecule has 1 aliphatic heterocycles. The normalized spacial score (nSPS) is 14.6. The van der Waals surface area contributed by atoms with Gasteiger partial charge in [-0.2, -0.15) is 0 Å². The quantitative estimate of drug-likeness (QED) is 0.799. The molecule has 1 fully saturated rings. The summed E-state index contributed by atoms with van der Waals surface area (Å²) in [7, 11) is 0. The summed E-state index contributed by atoms with van der Waals surface area (Å²) in [5.41, 5.74) is 4.53. The maximum Gasteiger partial charge on any atom is 0.315 e. The average molecular weight is 342 g/mol. The van der Waals surface area contributed by atoms with Crippen LogP contribution in [0.4, 0.5) is 4.79 Å². The van der Waals surface area contributed by atoms with Gasteiger partial charge in [-0.15, -0.1) is 0 Å². The first-order valence-electron chi connectivity index (χ1n) is 8.92. The van der Waals surface area contributed by atoms with Crippen LogP contribution in [0.15, 0.2) is 18.2 Å². The minimum absolute atomic E-state index is 0.00491. The van der Waals surface area contributed by atoms with Gasteiger partial charge in [-0.05, 0) is 56.4 Å². The van der Waals surface area contributed by atoms with Crippen molar-refractivity contribution in [1.29, 1.82) is 0 Å². The summed E-state index contributed by atoms with van der Waals surface area (Å²) >= 11 is 0. The van der Waals surface area contributed by atoms with Crippen molar-refractivity contribution in [1.82, 2.24) is 20.5 Å². The number of aryl methyl sites for hydroxylation is 2. The van der Waals surface area contributed by atoms with Gasteiger partial charge in [-0.25, -0.2) is 4.79 Å². The number of benzene rings is 1. The molecule has 3 amide bonds. The average Bonchev–Trinajstić information content (AvgIpc) is 2.92. The van der Waals surface area contributed by atoms with Crippen LogP contribution in [-0.2, 0) is 11.3 Å². The third kappa shape index (κ3) is 4.13. The van der Waals surface area contributed by atoms with Crippen molar-refractivity contribution in [2.24, 2.45) is 0 Å². The van der Waals surface area contributed by atoms with Crippen LogP contribution in [-0.4, -0.2) is 41.5 Å². The van der Waals surface area contributed by atoms with Gasteiger partial charge in [0.15, 0.2) is 0 Å². The second kappa shape index (κ2) is 7.59. The van der Waals surface area contributed by atoms with Crippen molar-refractivity contribution >= 4 is 22.8 Å². The van der Waals surface area contributed by atoms with Crippen LogP contribution in [0, 0.1) is 13.8 Å². The Labute approximate surface area is 148 Å². The number of carbonyl (C=O) groups is 2. The molecule has 0 radical (unpaired) electrons. The fourth-order valence-electron chi connectivity index (χ4n) is 3.27. The van der Waals surface area contributed by atoms with Gasteiger partial charge in [-0.3, -0.25) is 4.79 Å². The summed E-state index contributed by atoms with van der Waals surface area (Å²) in [6, 6.07) is 5.81. The topological polar surface area (TPSA) is 77.2 Å². The maximum absolute atomic E-state index is 12.0. The Bertz CT molecular complexity index is 775. The molecule has 0 atom stereocenters. The van der Waals surface area contributed by atoms with Crippen LogP contribution in [0.1, 0.15) is 36.1 Å². The summed E-state index contributed by atoms with van der Waals surface area (Å²) in [6.45, 7) is 6.24. The highest BCUT2D eigenvalue weighted by molar-refractivity contribution is 5.86. The first kappa shape index (κ1) is 17.3. The number of hydrogen-bond donors (Lipinski definition) is 3. The van der Waals surface area contributed by atoms with Gasteiger partial charge in [-0.1, -0.05) is 6.07 Å². The van der Waals surface area contributed by atoms with Gasteiger partial charge < -0.3 is 20.5 Å². The number of nitrogens with one attached hydrogen (secondary N) is 3. The fraction of sp³-hybridized carbons (Fsp3) is 0.474.